The van der Waals surface area contributed by atoms with E-state index in [0.29, 0.717) is 11.6 Å². The Labute approximate surface area is 149 Å². The van der Waals surface area contributed by atoms with E-state index in [1.807, 2.05) is 27.8 Å². The number of thiazole rings is 1. The van der Waals surface area contributed by atoms with E-state index in [1.165, 1.54) is 5.56 Å². The largest absolute Gasteiger partial charge is 0.337 e. The average Bonchev–Trinajstić information content (AvgIpc) is 3.33. The van der Waals surface area contributed by atoms with Crippen molar-refractivity contribution in [3.8, 4) is 9.88 Å². The molecule has 1 saturated heterocycles. The first-order valence-electron chi connectivity index (χ1n) is 8.15. The summed E-state index contributed by atoms with van der Waals surface area (Å²) in [5.74, 6) is 0.632. The smallest absolute Gasteiger partial charge is 0.273 e. The maximum Gasteiger partial charge on any atom is 0.273 e. The molecule has 1 fully saturated rings. The Morgan fingerprint density at radius 3 is 2.54 bits per heavy atom. The summed E-state index contributed by atoms with van der Waals surface area (Å²) < 4.78 is 0. The summed E-state index contributed by atoms with van der Waals surface area (Å²) in [6, 6.07) is 14.7. The van der Waals surface area contributed by atoms with Gasteiger partial charge in [-0.05, 0) is 35.8 Å². The summed E-state index contributed by atoms with van der Waals surface area (Å²) in [5.41, 5.74) is 1.97. The van der Waals surface area contributed by atoms with Gasteiger partial charge in [0.2, 0.25) is 0 Å². The highest BCUT2D eigenvalue weighted by molar-refractivity contribution is 7.20. The van der Waals surface area contributed by atoms with Crippen molar-refractivity contribution in [2.45, 2.75) is 18.8 Å². The molecule has 3 aromatic rings. The van der Waals surface area contributed by atoms with Crippen LogP contribution in [0.3, 0.4) is 0 Å². The van der Waals surface area contributed by atoms with Gasteiger partial charge in [-0.15, -0.1) is 22.7 Å². The van der Waals surface area contributed by atoms with Crippen LogP contribution in [0.5, 0.6) is 0 Å². The lowest BCUT2D eigenvalue weighted by molar-refractivity contribution is 0.0708. The molecule has 0 spiro atoms. The van der Waals surface area contributed by atoms with Crippen molar-refractivity contribution in [2.24, 2.45) is 0 Å². The predicted molar refractivity (Wildman–Crippen MR) is 99.7 cm³/mol. The van der Waals surface area contributed by atoms with E-state index in [0.717, 1.165) is 35.8 Å². The standard InChI is InChI=1S/C19H18N2OS2/c22-19(16-13-24-18(20-16)17-7-4-12-23-17)21-10-8-15(9-11-21)14-5-2-1-3-6-14/h1-7,12-13,15H,8-11H2. The molecule has 1 aliphatic rings. The molecule has 0 N–H and O–H groups in total. The molecule has 1 aliphatic heterocycles. The van der Waals surface area contributed by atoms with Gasteiger partial charge in [0.1, 0.15) is 10.7 Å². The first kappa shape index (κ1) is 15.5. The normalized spacial score (nSPS) is 15.6. The van der Waals surface area contributed by atoms with Crippen LogP contribution in [0.1, 0.15) is 34.8 Å². The maximum atomic E-state index is 12.7. The minimum Gasteiger partial charge on any atom is -0.337 e. The van der Waals surface area contributed by atoms with Crippen LogP contribution in [0.4, 0.5) is 0 Å². The molecule has 0 aliphatic carbocycles. The molecule has 0 unspecified atom stereocenters. The summed E-state index contributed by atoms with van der Waals surface area (Å²) in [6.07, 6.45) is 2.05. The summed E-state index contributed by atoms with van der Waals surface area (Å²) in [5, 5.41) is 4.86. The highest BCUT2D eigenvalue weighted by Crippen LogP contribution is 2.30. The fourth-order valence-corrected chi connectivity index (χ4v) is 4.80. The lowest BCUT2D eigenvalue weighted by Crippen LogP contribution is -2.38. The van der Waals surface area contributed by atoms with E-state index in [-0.39, 0.29) is 5.91 Å². The Hall–Kier alpha value is -1.98. The predicted octanol–water partition coefficient (Wildman–Crippen LogP) is 4.89. The first-order chi connectivity index (χ1) is 11.8. The zero-order chi connectivity index (χ0) is 16.4. The van der Waals surface area contributed by atoms with Crippen LogP contribution >= 0.6 is 22.7 Å². The van der Waals surface area contributed by atoms with E-state index in [9.17, 15) is 4.79 Å². The van der Waals surface area contributed by atoms with Gasteiger partial charge in [0, 0.05) is 18.5 Å². The number of aromatic nitrogens is 1. The van der Waals surface area contributed by atoms with E-state index in [4.69, 9.17) is 0 Å². The summed E-state index contributed by atoms with van der Waals surface area (Å²) in [7, 11) is 0. The van der Waals surface area contributed by atoms with Gasteiger partial charge in [0.25, 0.3) is 5.91 Å². The number of hydrogen-bond acceptors (Lipinski definition) is 4. The second-order valence-corrected chi connectivity index (χ2v) is 7.80. The van der Waals surface area contributed by atoms with Crippen LogP contribution in [-0.4, -0.2) is 28.9 Å². The van der Waals surface area contributed by atoms with Crippen molar-refractivity contribution in [3.05, 3.63) is 64.5 Å². The van der Waals surface area contributed by atoms with Crippen LogP contribution in [0.15, 0.2) is 53.2 Å². The molecule has 1 aromatic carbocycles. The monoisotopic (exact) mass is 354 g/mol. The molecule has 5 heteroatoms. The molecule has 0 bridgehead atoms. The minimum atomic E-state index is 0.0700. The number of nitrogens with zero attached hydrogens (tertiary/aromatic N) is 2. The molecule has 0 atom stereocenters. The van der Waals surface area contributed by atoms with Crippen molar-refractivity contribution < 1.29 is 4.79 Å². The minimum absolute atomic E-state index is 0.0700. The van der Waals surface area contributed by atoms with Gasteiger partial charge >= 0.3 is 0 Å². The lowest BCUT2D eigenvalue weighted by atomic mass is 9.89. The Balaban J connectivity index is 1.41. The lowest BCUT2D eigenvalue weighted by Gasteiger charge is -2.31. The Kier molecular flexibility index (Phi) is 4.45. The topological polar surface area (TPSA) is 33.2 Å². The number of hydrogen-bond donors (Lipinski definition) is 0. The third-order valence-electron chi connectivity index (χ3n) is 4.51. The maximum absolute atomic E-state index is 12.7. The summed E-state index contributed by atoms with van der Waals surface area (Å²) in [6.45, 7) is 1.62. The second-order valence-electron chi connectivity index (χ2n) is 5.99. The van der Waals surface area contributed by atoms with Crippen LogP contribution in [-0.2, 0) is 0 Å². The Morgan fingerprint density at radius 2 is 1.83 bits per heavy atom. The number of amides is 1. The quantitative estimate of drug-likeness (QED) is 0.671. The van der Waals surface area contributed by atoms with Crippen LogP contribution in [0, 0.1) is 0 Å². The van der Waals surface area contributed by atoms with Gasteiger partial charge in [0.15, 0.2) is 0 Å². The van der Waals surface area contributed by atoms with Crippen LogP contribution < -0.4 is 0 Å². The second kappa shape index (κ2) is 6.87. The number of rotatable bonds is 3. The fraction of sp³-hybridized carbons (Fsp3) is 0.263. The van der Waals surface area contributed by atoms with Crippen LogP contribution in [0.2, 0.25) is 0 Å². The SMILES string of the molecule is O=C(c1csc(-c2cccs2)n1)N1CCC(c2ccccc2)CC1. The third kappa shape index (κ3) is 3.14. The van der Waals surface area contributed by atoms with Gasteiger partial charge in [-0.3, -0.25) is 4.79 Å². The molecule has 3 nitrogen and oxygen atoms in total. The molecule has 3 heterocycles. The first-order valence-corrected chi connectivity index (χ1v) is 9.91. The fourth-order valence-electron chi connectivity index (χ4n) is 3.19. The number of carbonyl (C=O) groups excluding carboxylic acids is 1. The van der Waals surface area contributed by atoms with Crippen molar-refractivity contribution in [1.82, 2.24) is 9.88 Å². The number of piperidine rings is 1. The Bertz CT molecular complexity index is 803. The molecule has 2 aromatic heterocycles. The average molecular weight is 355 g/mol. The van der Waals surface area contributed by atoms with E-state index in [2.05, 4.69) is 35.3 Å². The summed E-state index contributed by atoms with van der Waals surface area (Å²) >= 11 is 3.21. The highest BCUT2D eigenvalue weighted by atomic mass is 32.1. The van der Waals surface area contributed by atoms with Crippen molar-refractivity contribution in [1.29, 1.82) is 0 Å². The number of likely N-dealkylation sites (tertiary alicyclic amines) is 1. The number of carbonyl (C=O) groups is 1. The van der Waals surface area contributed by atoms with E-state index < -0.39 is 0 Å². The van der Waals surface area contributed by atoms with Gasteiger partial charge in [-0.2, -0.15) is 0 Å². The molecule has 24 heavy (non-hydrogen) atoms. The third-order valence-corrected chi connectivity index (χ3v) is 6.39. The van der Waals surface area contributed by atoms with Gasteiger partial charge in [-0.25, -0.2) is 4.98 Å². The molecule has 0 radical (unpaired) electrons. The van der Waals surface area contributed by atoms with Gasteiger partial charge in [-0.1, -0.05) is 36.4 Å². The molecule has 4 rings (SSSR count). The molecular weight excluding hydrogens is 336 g/mol. The van der Waals surface area contributed by atoms with Crippen molar-refractivity contribution >= 4 is 28.6 Å². The zero-order valence-corrected chi connectivity index (χ0v) is 14.9. The summed E-state index contributed by atoms with van der Waals surface area (Å²) in [4.78, 5) is 20.3. The van der Waals surface area contributed by atoms with E-state index in [1.54, 1.807) is 22.7 Å². The van der Waals surface area contributed by atoms with Gasteiger partial charge < -0.3 is 4.90 Å². The van der Waals surface area contributed by atoms with Crippen molar-refractivity contribution in [3.63, 3.8) is 0 Å². The van der Waals surface area contributed by atoms with E-state index >= 15 is 0 Å². The number of thiophene rings is 1. The molecular formula is C19H18N2OS2. The zero-order valence-electron chi connectivity index (χ0n) is 13.2. The molecule has 1 amide bonds. The van der Waals surface area contributed by atoms with Crippen molar-refractivity contribution in [2.75, 3.05) is 13.1 Å². The highest BCUT2D eigenvalue weighted by Gasteiger charge is 2.25. The molecule has 122 valence electrons. The number of benzene rings is 1. The van der Waals surface area contributed by atoms with Crippen LogP contribution in [0.25, 0.3) is 9.88 Å². The Morgan fingerprint density at radius 1 is 1.04 bits per heavy atom. The molecule has 0 saturated carbocycles. The van der Waals surface area contributed by atoms with Gasteiger partial charge in [0.05, 0.1) is 4.88 Å².